The Morgan fingerprint density at radius 2 is 2.00 bits per heavy atom. The first-order valence-electron chi connectivity index (χ1n) is 3.35. The van der Waals surface area contributed by atoms with Crippen LogP contribution in [0.5, 0.6) is 0 Å². The molecule has 64 valence electrons. The first-order valence-corrected chi connectivity index (χ1v) is 3.99. The van der Waals surface area contributed by atoms with Crippen molar-refractivity contribution >= 4 is 22.2 Å². The van der Waals surface area contributed by atoms with Crippen molar-refractivity contribution in [3.8, 4) is 0 Å². The monoisotopic (exact) mass is 230 g/mol. The fourth-order valence-electron chi connectivity index (χ4n) is 0.827. The van der Waals surface area contributed by atoms with Crippen LogP contribution >= 0.6 is 16.3 Å². The van der Waals surface area contributed by atoms with Gasteiger partial charge in [-0.1, -0.05) is 30.3 Å². The normalized spacial score (nSPS) is 9.42. The minimum absolute atomic E-state index is 0.215. The van der Waals surface area contributed by atoms with E-state index in [2.05, 4.69) is 25.1 Å². The van der Waals surface area contributed by atoms with Crippen LogP contribution in [0, 0.1) is 0 Å². The second kappa shape index (κ2) is 4.90. The first kappa shape index (κ1) is 9.22. The average molecular weight is 231 g/mol. The molecule has 4 heteroatoms. The van der Waals surface area contributed by atoms with Crippen LogP contribution in [0.4, 0.5) is 0 Å². The lowest BCUT2D eigenvalue weighted by atomic mass is 10.2. The molecule has 1 aromatic rings. The van der Waals surface area contributed by atoms with Crippen molar-refractivity contribution in [2.45, 2.75) is 6.42 Å². The third-order valence-corrected chi connectivity index (χ3v) is 1.45. The highest BCUT2D eigenvalue weighted by Gasteiger charge is 2.03. The number of carbonyl (C=O) groups is 1. The van der Waals surface area contributed by atoms with Crippen LogP contribution in [0.3, 0.4) is 0 Å². The maximum absolute atomic E-state index is 10.8. The fourth-order valence-corrected chi connectivity index (χ4v) is 0.975. The number of hydrogen-bond acceptors (Lipinski definition) is 3. The van der Waals surface area contributed by atoms with E-state index in [1.807, 2.05) is 30.3 Å². The Morgan fingerprint density at radius 1 is 1.33 bits per heavy atom. The van der Waals surface area contributed by atoms with Crippen molar-refractivity contribution < 1.29 is 13.7 Å². The molecule has 0 atom stereocenters. The van der Waals surface area contributed by atoms with Crippen LogP contribution in [0.2, 0.25) is 0 Å². The molecule has 0 aliphatic carbocycles. The standard InChI is InChI=1S/C8H7BrO3/c9-12-11-8(10)6-7-4-2-1-3-5-7/h1-5H,6H2. The number of carbonyl (C=O) groups excluding carboxylic acids is 1. The first-order chi connectivity index (χ1) is 5.83. The van der Waals surface area contributed by atoms with Gasteiger partial charge in [-0.25, -0.2) is 4.79 Å². The molecule has 1 aromatic carbocycles. The minimum atomic E-state index is -0.432. The van der Waals surface area contributed by atoms with E-state index in [9.17, 15) is 4.79 Å². The number of rotatable bonds is 3. The Kier molecular flexibility index (Phi) is 3.76. The zero-order chi connectivity index (χ0) is 8.81. The molecule has 3 nitrogen and oxygen atoms in total. The van der Waals surface area contributed by atoms with Crippen molar-refractivity contribution in [1.82, 2.24) is 0 Å². The maximum Gasteiger partial charge on any atom is 0.347 e. The van der Waals surface area contributed by atoms with Crippen molar-refractivity contribution in [3.05, 3.63) is 35.9 Å². The summed E-state index contributed by atoms with van der Waals surface area (Å²) in [5.74, 6) is -0.432. The molecule has 0 radical (unpaired) electrons. The highest BCUT2D eigenvalue weighted by atomic mass is 79.9. The summed E-state index contributed by atoms with van der Waals surface area (Å²) in [5, 5.41) is 0. The number of benzene rings is 1. The smallest absolute Gasteiger partial charge is 0.286 e. The summed E-state index contributed by atoms with van der Waals surface area (Å²) in [5.41, 5.74) is 0.895. The molecule has 0 aromatic heterocycles. The van der Waals surface area contributed by atoms with E-state index < -0.39 is 5.97 Å². The summed E-state index contributed by atoms with van der Waals surface area (Å²) in [6, 6.07) is 9.29. The summed E-state index contributed by atoms with van der Waals surface area (Å²) in [7, 11) is 0. The van der Waals surface area contributed by atoms with Gasteiger partial charge in [0.05, 0.1) is 6.42 Å². The number of hydrogen-bond donors (Lipinski definition) is 0. The molecule has 0 spiro atoms. The van der Waals surface area contributed by atoms with Gasteiger partial charge in [-0.05, 0) is 5.56 Å². The molecular formula is C8H7BrO3. The van der Waals surface area contributed by atoms with Gasteiger partial charge in [-0.3, -0.25) is 4.89 Å². The summed E-state index contributed by atoms with van der Waals surface area (Å²) in [6.07, 6.45) is 0.215. The van der Waals surface area contributed by atoms with Gasteiger partial charge in [-0.2, -0.15) is 0 Å². The topological polar surface area (TPSA) is 35.5 Å². The number of halogens is 1. The Hall–Kier alpha value is -0.870. The lowest BCUT2D eigenvalue weighted by Crippen LogP contribution is -2.04. The minimum Gasteiger partial charge on any atom is -0.286 e. The molecule has 12 heavy (non-hydrogen) atoms. The molecule has 0 bridgehead atoms. The highest BCUT2D eigenvalue weighted by molar-refractivity contribution is 9.05. The van der Waals surface area contributed by atoms with E-state index in [0.29, 0.717) is 0 Å². The molecule has 0 unspecified atom stereocenters. The van der Waals surface area contributed by atoms with E-state index in [4.69, 9.17) is 0 Å². The second-order valence-electron chi connectivity index (χ2n) is 2.18. The molecule has 0 saturated carbocycles. The lowest BCUT2D eigenvalue weighted by Gasteiger charge is -1.97. The zero-order valence-corrected chi connectivity index (χ0v) is 7.78. The molecule has 0 heterocycles. The van der Waals surface area contributed by atoms with Gasteiger partial charge in [0.2, 0.25) is 0 Å². The Morgan fingerprint density at radius 3 is 2.58 bits per heavy atom. The predicted molar refractivity (Wildman–Crippen MR) is 46.3 cm³/mol. The SMILES string of the molecule is O=C(Cc1ccccc1)OOBr. The van der Waals surface area contributed by atoms with Gasteiger partial charge in [0.25, 0.3) is 0 Å². The summed E-state index contributed by atoms with van der Waals surface area (Å²) < 4.78 is 4.04. The highest BCUT2D eigenvalue weighted by Crippen LogP contribution is 2.01. The van der Waals surface area contributed by atoms with Crippen LogP contribution in [0.15, 0.2) is 30.3 Å². The molecule has 0 aliphatic heterocycles. The second-order valence-corrected chi connectivity index (χ2v) is 2.45. The molecule has 0 fully saturated rings. The van der Waals surface area contributed by atoms with Crippen molar-refractivity contribution in [2.75, 3.05) is 0 Å². The molecule has 0 N–H and O–H groups in total. The van der Waals surface area contributed by atoms with Gasteiger partial charge in [0, 0.05) is 0 Å². The van der Waals surface area contributed by atoms with Gasteiger partial charge in [-0.15, -0.1) is 3.98 Å². The van der Waals surface area contributed by atoms with Crippen LogP contribution in [-0.4, -0.2) is 5.97 Å². The quantitative estimate of drug-likeness (QED) is 0.589. The summed E-state index contributed by atoms with van der Waals surface area (Å²) >= 11 is 2.52. The van der Waals surface area contributed by atoms with Crippen molar-refractivity contribution in [1.29, 1.82) is 0 Å². The molecule has 0 saturated heterocycles. The average Bonchev–Trinajstić information content (AvgIpc) is 2.06. The molecule has 0 amide bonds. The largest absolute Gasteiger partial charge is 0.347 e. The van der Waals surface area contributed by atoms with Gasteiger partial charge in [0.15, 0.2) is 16.3 Å². The molecule has 0 aliphatic rings. The Balaban J connectivity index is 2.47. The van der Waals surface area contributed by atoms with Crippen molar-refractivity contribution in [2.24, 2.45) is 0 Å². The van der Waals surface area contributed by atoms with Gasteiger partial charge >= 0.3 is 5.97 Å². The lowest BCUT2D eigenvalue weighted by molar-refractivity contribution is -0.200. The fraction of sp³-hybridized carbons (Fsp3) is 0.125. The summed E-state index contributed by atoms with van der Waals surface area (Å²) in [6.45, 7) is 0. The molecule has 1 rings (SSSR count). The van der Waals surface area contributed by atoms with E-state index >= 15 is 0 Å². The van der Waals surface area contributed by atoms with Crippen molar-refractivity contribution in [3.63, 3.8) is 0 Å². The van der Waals surface area contributed by atoms with Gasteiger partial charge < -0.3 is 0 Å². The van der Waals surface area contributed by atoms with E-state index in [-0.39, 0.29) is 6.42 Å². The Labute approximate surface area is 78.7 Å². The molecular weight excluding hydrogens is 224 g/mol. The predicted octanol–water partition coefficient (Wildman–Crippen LogP) is 2.01. The van der Waals surface area contributed by atoms with Gasteiger partial charge in [0.1, 0.15) is 0 Å². The maximum atomic E-state index is 10.8. The zero-order valence-electron chi connectivity index (χ0n) is 6.20. The third-order valence-electron chi connectivity index (χ3n) is 1.32. The van der Waals surface area contributed by atoms with Crippen LogP contribution in [0.1, 0.15) is 5.56 Å². The summed E-state index contributed by atoms with van der Waals surface area (Å²) in [4.78, 5) is 15.1. The van der Waals surface area contributed by atoms with E-state index in [0.717, 1.165) is 5.56 Å². The third kappa shape index (κ3) is 3.02. The van der Waals surface area contributed by atoms with Crippen LogP contribution in [0.25, 0.3) is 0 Å². The Bertz CT molecular complexity index is 248. The van der Waals surface area contributed by atoms with E-state index in [1.165, 1.54) is 0 Å². The van der Waals surface area contributed by atoms with E-state index in [1.54, 1.807) is 0 Å². The van der Waals surface area contributed by atoms with Crippen LogP contribution < -0.4 is 0 Å². The van der Waals surface area contributed by atoms with Crippen LogP contribution in [-0.2, 0) is 20.1 Å².